The summed E-state index contributed by atoms with van der Waals surface area (Å²) in [5.41, 5.74) is 8.48. The third-order valence-corrected chi connectivity index (χ3v) is 6.71. The summed E-state index contributed by atoms with van der Waals surface area (Å²) >= 11 is 0. The van der Waals surface area contributed by atoms with Gasteiger partial charge >= 0.3 is 0 Å². The third kappa shape index (κ3) is 4.80. The summed E-state index contributed by atoms with van der Waals surface area (Å²) in [7, 11) is 4.03. The Balaban J connectivity index is 1.40. The Morgan fingerprint density at radius 1 is 1.05 bits per heavy atom. The van der Waals surface area contributed by atoms with Gasteiger partial charge in [-0.05, 0) is 68.4 Å². The lowest BCUT2D eigenvalue weighted by Crippen LogP contribution is -2.20. The van der Waals surface area contributed by atoms with Crippen molar-refractivity contribution < 1.29 is 4.39 Å². The van der Waals surface area contributed by atoms with Crippen LogP contribution in [0.1, 0.15) is 23.5 Å². The summed E-state index contributed by atoms with van der Waals surface area (Å²) in [6.45, 7) is 2.27. The highest BCUT2D eigenvalue weighted by atomic mass is 19.1. The highest BCUT2D eigenvalue weighted by Gasteiger charge is 2.21. The first-order valence-corrected chi connectivity index (χ1v) is 12.8. The van der Waals surface area contributed by atoms with Crippen LogP contribution in [0.15, 0.2) is 65.9 Å². The Labute approximate surface area is 220 Å². The highest BCUT2D eigenvalue weighted by molar-refractivity contribution is 6.12. The van der Waals surface area contributed by atoms with Crippen LogP contribution in [-0.4, -0.2) is 69.5 Å². The molecule has 0 fully saturated rings. The Morgan fingerprint density at radius 3 is 2.82 bits per heavy atom. The van der Waals surface area contributed by atoms with Gasteiger partial charge in [0, 0.05) is 42.6 Å². The van der Waals surface area contributed by atoms with Gasteiger partial charge < -0.3 is 15.2 Å². The summed E-state index contributed by atoms with van der Waals surface area (Å²) < 4.78 is 14.6. The van der Waals surface area contributed by atoms with Crippen molar-refractivity contribution in [2.45, 2.75) is 12.8 Å². The van der Waals surface area contributed by atoms with Gasteiger partial charge in [0.25, 0.3) is 0 Å². The molecular formula is C29H29FN8. The Morgan fingerprint density at radius 2 is 1.97 bits per heavy atom. The van der Waals surface area contributed by atoms with Crippen molar-refractivity contribution in [3.63, 3.8) is 0 Å². The Hall–Kier alpha value is -4.37. The number of para-hydroxylation sites is 1. The lowest BCUT2D eigenvalue weighted by Gasteiger charge is -2.13. The molecule has 0 saturated heterocycles. The van der Waals surface area contributed by atoms with E-state index in [0.29, 0.717) is 12.4 Å². The van der Waals surface area contributed by atoms with Crippen molar-refractivity contribution in [2.75, 3.05) is 39.0 Å². The molecule has 3 N–H and O–H groups in total. The molecule has 1 aliphatic rings. The molecule has 0 aliphatic carbocycles. The lowest BCUT2D eigenvalue weighted by molar-refractivity contribution is 0.425. The van der Waals surface area contributed by atoms with E-state index in [1.165, 1.54) is 6.07 Å². The summed E-state index contributed by atoms with van der Waals surface area (Å²) in [4.78, 5) is 20.4. The second kappa shape index (κ2) is 10.2. The normalized spacial score (nSPS) is 13.4. The van der Waals surface area contributed by atoms with E-state index < -0.39 is 0 Å². The molecule has 0 amide bonds. The number of imidazole rings is 1. The number of aryl methyl sites for hydroxylation is 1. The number of aromatic amines is 2. The van der Waals surface area contributed by atoms with Gasteiger partial charge in [0.2, 0.25) is 0 Å². The van der Waals surface area contributed by atoms with Crippen LogP contribution in [0.2, 0.25) is 0 Å². The number of halogens is 1. The molecule has 5 aromatic rings. The molecule has 38 heavy (non-hydrogen) atoms. The Bertz CT molecular complexity index is 1620. The van der Waals surface area contributed by atoms with Crippen molar-refractivity contribution >= 4 is 22.4 Å². The maximum atomic E-state index is 14.6. The summed E-state index contributed by atoms with van der Waals surface area (Å²) in [5.74, 6) is 0.369. The number of fused-ring (bicyclic) bond motifs is 2. The average molecular weight is 509 g/mol. The quantitative estimate of drug-likeness (QED) is 0.290. The SMILES string of the molecule is CN(C)CCNc1cc(F)cc(-c2cccc3[nH]c(C4=NCCCc5ccc(-c6cn[nH]c6)nc54)nc23)c1. The smallest absolute Gasteiger partial charge is 0.159 e. The first-order valence-electron chi connectivity index (χ1n) is 12.8. The molecule has 8 nitrogen and oxygen atoms in total. The number of pyridine rings is 1. The van der Waals surface area contributed by atoms with Crippen LogP contribution in [0.25, 0.3) is 33.4 Å². The molecule has 0 spiro atoms. The van der Waals surface area contributed by atoms with Gasteiger partial charge in [0.1, 0.15) is 11.5 Å². The number of nitrogens with zero attached hydrogens (tertiary/aromatic N) is 5. The minimum atomic E-state index is -0.291. The van der Waals surface area contributed by atoms with Gasteiger partial charge in [-0.25, -0.2) is 14.4 Å². The fourth-order valence-electron chi connectivity index (χ4n) is 4.82. The molecule has 9 heteroatoms. The van der Waals surface area contributed by atoms with E-state index in [0.717, 1.165) is 82.0 Å². The molecule has 0 atom stereocenters. The van der Waals surface area contributed by atoms with Gasteiger partial charge in [-0.1, -0.05) is 18.2 Å². The number of likely N-dealkylation sites (N-methyl/N-ethyl adjacent to an activating group) is 1. The van der Waals surface area contributed by atoms with Crippen LogP contribution < -0.4 is 5.32 Å². The van der Waals surface area contributed by atoms with Gasteiger partial charge in [-0.2, -0.15) is 5.10 Å². The first kappa shape index (κ1) is 24.0. The minimum absolute atomic E-state index is 0.291. The molecule has 6 rings (SSSR count). The first-order chi connectivity index (χ1) is 18.5. The van der Waals surface area contributed by atoms with E-state index in [1.807, 2.05) is 50.6 Å². The standard InChI is InChI=1S/C29H29FN8/c1-38(2)12-11-31-22-14-19(13-21(30)15-22)23-6-3-7-25-27(23)37-29(36-25)28-26-18(5-4-10-32-28)8-9-24(35-26)20-16-33-34-17-20/h3,6-9,13-17,31H,4-5,10-12H2,1-2H3,(H,33,34)(H,36,37). The molecular weight excluding hydrogens is 479 g/mol. The largest absolute Gasteiger partial charge is 0.384 e. The predicted octanol–water partition coefficient (Wildman–Crippen LogP) is 4.91. The summed E-state index contributed by atoms with van der Waals surface area (Å²) in [6, 6.07) is 15.1. The topological polar surface area (TPSA) is 97.9 Å². The lowest BCUT2D eigenvalue weighted by atomic mass is 10.0. The van der Waals surface area contributed by atoms with Crippen molar-refractivity contribution in [3.05, 3.63) is 83.8 Å². The minimum Gasteiger partial charge on any atom is -0.384 e. The number of anilines is 1. The number of H-pyrrole nitrogens is 2. The Kier molecular flexibility index (Phi) is 6.43. The zero-order valence-electron chi connectivity index (χ0n) is 21.4. The second-order valence-corrected chi connectivity index (χ2v) is 9.77. The molecule has 2 aromatic carbocycles. The van der Waals surface area contributed by atoms with Crippen LogP contribution in [-0.2, 0) is 6.42 Å². The number of nitrogens with one attached hydrogen (secondary N) is 3. The van der Waals surface area contributed by atoms with E-state index in [-0.39, 0.29) is 5.82 Å². The predicted molar refractivity (Wildman–Crippen MR) is 149 cm³/mol. The monoisotopic (exact) mass is 508 g/mol. The zero-order chi connectivity index (χ0) is 26.1. The third-order valence-electron chi connectivity index (χ3n) is 6.71. The van der Waals surface area contributed by atoms with Crippen molar-refractivity contribution in [3.8, 4) is 22.4 Å². The summed E-state index contributed by atoms with van der Waals surface area (Å²) in [5, 5.41) is 10.2. The van der Waals surface area contributed by atoms with E-state index >= 15 is 0 Å². The van der Waals surface area contributed by atoms with Crippen LogP contribution in [0.5, 0.6) is 0 Å². The van der Waals surface area contributed by atoms with E-state index in [9.17, 15) is 4.39 Å². The molecule has 192 valence electrons. The molecule has 0 radical (unpaired) electrons. The number of aromatic nitrogens is 5. The maximum absolute atomic E-state index is 14.6. The highest BCUT2D eigenvalue weighted by Crippen LogP contribution is 2.31. The van der Waals surface area contributed by atoms with Gasteiger partial charge in [0.15, 0.2) is 5.82 Å². The molecule has 3 aromatic heterocycles. The average Bonchev–Trinajstić information content (AvgIpc) is 3.54. The number of aliphatic imine (C=N–C) groups is 1. The van der Waals surface area contributed by atoms with Crippen molar-refractivity contribution in [1.82, 2.24) is 30.0 Å². The number of hydrogen-bond donors (Lipinski definition) is 3. The molecule has 1 aliphatic heterocycles. The van der Waals surface area contributed by atoms with Crippen LogP contribution in [0.4, 0.5) is 10.1 Å². The second-order valence-electron chi connectivity index (χ2n) is 9.77. The fourth-order valence-corrected chi connectivity index (χ4v) is 4.82. The van der Waals surface area contributed by atoms with Gasteiger partial charge in [-0.3, -0.25) is 10.1 Å². The fraction of sp³-hybridized carbons (Fsp3) is 0.241. The number of hydrogen-bond acceptors (Lipinski definition) is 6. The van der Waals surface area contributed by atoms with E-state index in [1.54, 1.807) is 12.3 Å². The molecule has 0 saturated carbocycles. The van der Waals surface area contributed by atoms with E-state index in [2.05, 4.69) is 31.5 Å². The zero-order valence-corrected chi connectivity index (χ0v) is 21.4. The van der Waals surface area contributed by atoms with Crippen LogP contribution >= 0.6 is 0 Å². The van der Waals surface area contributed by atoms with Crippen LogP contribution in [0, 0.1) is 5.82 Å². The molecule has 0 bridgehead atoms. The maximum Gasteiger partial charge on any atom is 0.159 e. The number of rotatable bonds is 7. The number of benzene rings is 2. The molecule has 4 heterocycles. The van der Waals surface area contributed by atoms with E-state index in [4.69, 9.17) is 15.0 Å². The van der Waals surface area contributed by atoms with Crippen molar-refractivity contribution in [1.29, 1.82) is 0 Å². The van der Waals surface area contributed by atoms with Gasteiger partial charge in [0.05, 0.1) is 28.6 Å². The van der Waals surface area contributed by atoms with Crippen molar-refractivity contribution in [2.24, 2.45) is 4.99 Å². The van der Waals surface area contributed by atoms with Crippen LogP contribution in [0.3, 0.4) is 0 Å². The summed E-state index contributed by atoms with van der Waals surface area (Å²) in [6.07, 6.45) is 5.44. The van der Waals surface area contributed by atoms with Gasteiger partial charge in [-0.15, -0.1) is 0 Å². The molecule has 0 unspecified atom stereocenters.